The number of rotatable bonds is 8. The van der Waals surface area contributed by atoms with Crippen LogP contribution < -0.4 is 11.1 Å². The number of aromatic nitrogens is 1. The normalized spacial score (nSPS) is 13.9. The van der Waals surface area contributed by atoms with Crippen molar-refractivity contribution in [3.8, 4) is 0 Å². The Hall–Kier alpha value is -0.450. The van der Waals surface area contributed by atoms with E-state index in [1.54, 1.807) is 11.3 Å². The summed E-state index contributed by atoms with van der Waals surface area (Å²) < 4.78 is 0. The lowest BCUT2D eigenvalue weighted by Crippen LogP contribution is -2.40. The van der Waals surface area contributed by atoms with Gasteiger partial charge in [0.25, 0.3) is 0 Å². The maximum absolute atomic E-state index is 5.92. The number of nitrogens with one attached hydrogen (secondary N) is 1. The fraction of sp³-hybridized carbons (Fsp3) is 0.769. The molecule has 0 aromatic carbocycles. The van der Waals surface area contributed by atoms with Crippen LogP contribution in [0.3, 0.4) is 0 Å². The molecule has 0 aliphatic carbocycles. The van der Waals surface area contributed by atoms with Gasteiger partial charge < -0.3 is 11.1 Å². The van der Waals surface area contributed by atoms with Crippen LogP contribution in [0.1, 0.15) is 51.1 Å². The van der Waals surface area contributed by atoms with Crippen LogP contribution in [0.2, 0.25) is 0 Å². The van der Waals surface area contributed by atoms with Crippen LogP contribution in [-0.2, 0) is 0 Å². The summed E-state index contributed by atoms with van der Waals surface area (Å²) in [5, 5.41) is 6.86. The quantitative estimate of drug-likeness (QED) is 0.751. The number of nitrogens with zero attached hydrogens (tertiary/aromatic N) is 1. The molecule has 0 spiro atoms. The minimum atomic E-state index is 0.241. The highest BCUT2D eigenvalue weighted by atomic mass is 32.1. The van der Waals surface area contributed by atoms with Crippen LogP contribution in [0.5, 0.6) is 0 Å². The third-order valence-electron chi connectivity index (χ3n) is 3.81. The average Bonchev–Trinajstić information content (AvgIpc) is 2.89. The summed E-state index contributed by atoms with van der Waals surface area (Å²) in [6, 6.07) is 0.374. The SMILES string of the molecule is CCC(NCC(CC)(CC)CN)c1nccs1. The van der Waals surface area contributed by atoms with Crippen LogP contribution >= 0.6 is 11.3 Å². The topological polar surface area (TPSA) is 50.9 Å². The zero-order valence-corrected chi connectivity index (χ0v) is 12.0. The molecule has 3 nitrogen and oxygen atoms in total. The van der Waals surface area contributed by atoms with E-state index in [4.69, 9.17) is 5.73 Å². The van der Waals surface area contributed by atoms with Gasteiger partial charge in [-0.2, -0.15) is 0 Å². The van der Waals surface area contributed by atoms with Gasteiger partial charge in [-0.15, -0.1) is 11.3 Å². The van der Waals surface area contributed by atoms with Crippen molar-refractivity contribution < 1.29 is 0 Å². The Balaban J connectivity index is 2.58. The first kappa shape index (κ1) is 14.6. The Morgan fingerprint density at radius 1 is 1.41 bits per heavy atom. The lowest BCUT2D eigenvalue weighted by molar-refractivity contribution is 0.246. The van der Waals surface area contributed by atoms with Crippen LogP contribution in [-0.4, -0.2) is 18.1 Å². The number of thiazole rings is 1. The van der Waals surface area contributed by atoms with Gasteiger partial charge >= 0.3 is 0 Å². The number of nitrogens with two attached hydrogens (primary N) is 1. The van der Waals surface area contributed by atoms with Crippen LogP contribution in [0, 0.1) is 5.41 Å². The minimum Gasteiger partial charge on any atom is -0.330 e. The fourth-order valence-corrected chi connectivity index (χ4v) is 2.81. The molecule has 0 saturated carbocycles. The van der Waals surface area contributed by atoms with E-state index in [1.807, 2.05) is 11.6 Å². The van der Waals surface area contributed by atoms with Gasteiger partial charge in [-0.1, -0.05) is 20.8 Å². The molecule has 0 amide bonds. The molecule has 4 heteroatoms. The van der Waals surface area contributed by atoms with Gasteiger partial charge in [-0.25, -0.2) is 4.98 Å². The molecule has 0 aliphatic heterocycles. The molecular formula is C13H25N3S. The van der Waals surface area contributed by atoms with Crippen LogP contribution in [0.25, 0.3) is 0 Å². The van der Waals surface area contributed by atoms with Gasteiger partial charge in [0, 0.05) is 18.1 Å². The Kier molecular flexibility index (Phi) is 6.09. The first-order valence-corrected chi connectivity index (χ1v) is 7.42. The van der Waals surface area contributed by atoms with Crippen molar-refractivity contribution in [1.29, 1.82) is 0 Å². The molecule has 1 heterocycles. The van der Waals surface area contributed by atoms with Gasteiger partial charge in [-0.3, -0.25) is 0 Å². The number of hydrogen-bond donors (Lipinski definition) is 2. The molecule has 3 N–H and O–H groups in total. The Bertz CT molecular complexity index is 285. The molecule has 98 valence electrons. The maximum Gasteiger partial charge on any atom is 0.109 e. The maximum atomic E-state index is 5.92. The van der Waals surface area contributed by atoms with E-state index in [1.165, 1.54) is 5.01 Å². The summed E-state index contributed by atoms with van der Waals surface area (Å²) in [5.74, 6) is 0. The van der Waals surface area contributed by atoms with Crippen molar-refractivity contribution >= 4 is 11.3 Å². The first-order valence-electron chi connectivity index (χ1n) is 6.54. The second-order valence-corrected chi connectivity index (χ2v) is 5.55. The molecule has 17 heavy (non-hydrogen) atoms. The smallest absolute Gasteiger partial charge is 0.109 e. The summed E-state index contributed by atoms with van der Waals surface area (Å²) >= 11 is 1.72. The third kappa shape index (κ3) is 3.76. The molecule has 1 atom stereocenters. The van der Waals surface area contributed by atoms with Gasteiger partial charge in [0.1, 0.15) is 5.01 Å². The highest BCUT2D eigenvalue weighted by Gasteiger charge is 2.25. The molecular weight excluding hydrogens is 230 g/mol. The highest BCUT2D eigenvalue weighted by Crippen LogP contribution is 2.26. The van der Waals surface area contributed by atoms with Crippen LogP contribution in [0.15, 0.2) is 11.6 Å². The van der Waals surface area contributed by atoms with E-state index in [0.717, 1.165) is 32.4 Å². The second kappa shape index (κ2) is 7.09. The summed E-state index contributed by atoms with van der Waals surface area (Å²) in [7, 11) is 0. The highest BCUT2D eigenvalue weighted by molar-refractivity contribution is 7.09. The number of hydrogen-bond acceptors (Lipinski definition) is 4. The first-order chi connectivity index (χ1) is 8.21. The lowest BCUT2D eigenvalue weighted by Gasteiger charge is -2.32. The predicted octanol–water partition coefficient (Wildman–Crippen LogP) is 2.95. The molecule has 1 unspecified atom stereocenters. The van der Waals surface area contributed by atoms with Gasteiger partial charge in [0.2, 0.25) is 0 Å². The lowest BCUT2D eigenvalue weighted by atomic mass is 9.82. The molecule has 1 aromatic rings. The summed E-state index contributed by atoms with van der Waals surface area (Å²) in [4.78, 5) is 4.39. The van der Waals surface area contributed by atoms with E-state index >= 15 is 0 Å². The van der Waals surface area contributed by atoms with Crippen molar-refractivity contribution in [2.24, 2.45) is 11.1 Å². The summed E-state index contributed by atoms with van der Waals surface area (Å²) in [6.45, 7) is 8.38. The molecule has 1 rings (SSSR count). The van der Waals surface area contributed by atoms with Crippen molar-refractivity contribution in [3.63, 3.8) is 0 Å². The molecule has 0 fully saturated rings. The molecule has 0 radical (unpaired) electrons. The molecule has 0 aliphatic rings. The van der Waals surface area contributed by atoms with E-state index in [9.17, 15) is 0 Å². The Labute approximate surface area is 109 Å². The van der Waals surface area contributed by atoms with Crippen molar-refractivity contribution in [2.45, 2.75) is 46.1 Å². The standard InChI is InChI=1S/C13H25N3S/c1-4-11(12-15-7-8-17-12)16-10-13(5-2,6-3)9-14/h7-8,11,16H,4-6,9-10,14H2,1-3H3. The summed E-state index contributed by atoms with van der Waals surface area (Å²) in [6.07, 6.45) is 5.20. The van der Waals surface area contributed by atoms with E-state index in [0.29, 0.717) is 6.04 Å². The zero-order valence-electron chi connectivity index (χ0n) is 11.2. The van der Waals surface area contributed by atoms with E-state index in [2.05, 4.69) is 31.1 Å². The van der Waals surface area contributed by atoms with Gasteiger partial charge in [-0.05, 0) is 31.2 Å². The Morgan fingerprint density at radius 3 is 2.53 bits per heavy atom. The zero-order chi connectivity index (χ0) is 12.7. The monoisotopic (exact) mass is 255 g/mol. The fourth-order valence-electron chi connectivity index (χ4n) is 2.01. The molecule has 1 aromatic heterocycles. The average molecular weight is 255 g/mol. The summed E-state index contributed by atoms with van der Waals surface area (Å²) in [5.41, 5.74) is 6.16. The minimum absolute atomic E-state index is 0.241. The molecule has 0 bridgehead atoms. The van der Waals surface area contributed by atoms with Crippen molar-refractivity contribution in [3.05, 3.63) is 16.6 Å². The van der Waals surface area contributed by atoms with Gasteiger partial charge in [0.15, 0.2) is 0 Å². The van der Waals surface area contributed by atoms with E-state index < -0.39 is 0 Å². The van der Waals surface area contributed by atoms with Crippen molar-refractivity contribution in [2.75, 3.05) is 13.1 Å². The van der Waals surface area contributed by atoms with E-state index in [-0.39, 0.29) is 5.41 Å². The van der Waals surface area contributed by atoms with Crippen LogP contribution in [0.4, 0.5) is 0 Å². The van der Waals surface area contributed by atoms with Gasteiger partial charge in [0.05, 0.1) is 6.04 Å². The second-order valence-electron chi connectivity index (χ2n) is 4.62. The Morgan fingerprint density at radius 2 is 2.12 bits per heavy atom. The van der Waals surface area contributed by atoms with Crippen molar-refractivity contribution in [1.82, 2.24) is 10.3 Å². The molecule has 0 saturated heterocycles. The predicted molar refractivity (Wildman–Crippen MR) is 75.2 cm³/mol. The largest absolute Gasteiger partial charge is 0.330 e. The third-order valence-corrected chi connectivity index (χ3v) is 4.70.